The Kier molecular flexibility index (Phi) is 3.55. The molecule has 0 atom stereocenters. The molecule has 0 spiro atoms. The highest BCUT2D eigenvalue weighted by Crippen LogP contribution is 2.37. The van der Waals surface area contributed by atoms with E-state index in [-0.39, 0.29) is 11.2 Å². The maximum Gasteiger partial charge on any atom is 0.329 e. The van der Waals surface area contributed by atoms with Crippen LogP contribution in [-0.4, -0.2) is 33.5 Å². The summed E-state index contributed by atoms with van der Waals surface area (Å²) in [6.07, 6.45) is 3.31. The standard InChI is InChI=1S/C12H19N5O2/c1-4-13-11-14-8-9(17(18)19)10(15-11)16-7-5-6-12(16,2)3/h8H,4-7H2,1-3H3,(H,13,14,15). The minimum absolute atomic E-state index is 0.0309. The van der Waals surface area contributed by atoms with Crippen LogP contribution >= 0.6 is 0 Å². The van der Waals surface area contributed by atoms with Crippen LogP contribution < -0.4 is 10.2 Å². The van der Waals surface area contributed by atoms with Gasteiger partial charge in [-0.3, -0.25) is 10.1 Å². The largest absolute Gasteiger partial charge is 0.354 e. The summed E-state index contributed by atoms with van der Waals surface area (Å²) >= 11 is 0. The van der Waals surface area contributed by atoms with Crippen molar-refractivity contribution >= 4 is 17.5 Å². The van der Waals surface area contributed by atoms with E-state index in [1.54, 1.807) is 0 Å². The molecular formula is C12H19N5O2. The summed E-state index contributed by atoms with van der Waals surface area (Å²) in [5.41, 5.74) is -0.139. The Labute approximate surface area is 112 Å². The smallest absolute Gasteiger partial charge is 0.329 e. The summed E-state index contributed by atoms with van der Waals surface area (Å²) in [5, 5.41) is 14.1. The number of hydrogen-bond acceptors (Lipinski definition) is 6. The van der Waals surface area contributed by atoms with Crippen LogP contribution in [0.5, 0.6) is 0 Å². The third kappa shape index (κ3) is 2.59. The number of nitrogens with one attached hydrogen (secondary N) is 1. The highest BCUT2D eigenvalue weighted by molar-refractivity contribution is 5.61. The zero-order valence-corrected chi connectivity index (χ0v) is 11.5. The van der Waals surface area contributed by atoms with Crippen molar-refractivity contribution in [1.82, 2.24) is 9.97 Å². The third-order valence-electron chi connectivity index (χ3n) is 3.44. The molecule has 1 saturated heterocycles. The van der Waals surface area contributed by atoms with Crippen molar-refractivity contribution in [3.05, 3.63) is 16.3 Å². The van der Waals surface area contributed by atoms with Gasteiger partial charge in [-0.15, -0.1) is 0 Å². The fourth-order valence-electron chi connectivity index (χ4n) is 2.44. The summed E-state index contributed by atoms with van der Waals surface area (Å²) in [7, 11) is 0. The first-order valence-corrected chi connectivity index (χ1v) is 6.48. The van der Waals surface area contributed by atoms with Gasteiger partial charge in [0.05, 0.1) is 4.92 Å². The molecule has 1 N–H and O–H groups in total. The first kappa shape index (κ1) is 13.5. The van der Waals surface area contributed by atoms with E-state index >= 15 is 0 Å². The lowest BCUT2D eigenvalue weighted by molar-refractivity contribution is -0.384. The van der Waals surface area contributed by atoms with Crippen LogP contribution in [0.15, 0.2) is 6.20 Å². The van der Waals surface area contributed by atoms with Crippen LogP contribution in [-0.2, 0) is 0 Å². The number of hydrogen-bond donors (Lipinski definition) is 1. The molecule has 1 aliphatic heterocycles. The van der Waals surface area contributed by atoms with Gasteiger partial charge in [0.15, 0.2) is 0 Å². The van der Waals surface area contributed by atoms with Crippen LogP contribution in [0.3, 0.4) is 0 Å². The van der Waals surface area contributed by atoms with Gasteiger partial charge in [0.2, 0.25) is 11.8 Å². The average molecular weight is 265 g/mol. The highest BCUT2D eigenvalue weighted by atomic mass is 16.6. The van der Waals surface area contributed by atoms with Crippen molar-refractivity contribution in [2.75, 3.05) is 23.3 Å². The summed E-state index contributed by atoms with van der Waals surface area (Å²) in [5.74, 6) is 0.851. The number of aromatic nitrogens is 2. The molecule has 0 saturated carbocycles. The van der Waals surface area contributed by atoms with Gasteiger partial charge >= 0.3 is 5.69 Å². The number of nitro groups is 1. The van der Waals surface area contributed by atoms with Crippen LogP contribution in [0.25, 0.3) is 0 Å². The molecule has 0 radical (unpaired) electrons. The fourth-order valence-corrected chi connectivity index (χ4v) is 2.44. The van der Waals surface area contributed by atoms with Crippen LogP contribution in [0.4, 0.5) is 17.5 Å². The van der Waals surface area contributed by atoms with E-state index in [2.05, 4.69) is 29.1 Å². The van der Waals surface area contributed by atoms with E-state index < -0.39 is 4.92 Å². The molecule has 0 bridgehead atoms. The van der Waals surface area contributed by atoms with Gasteiger partial charge in [0.25, 0.3) is 0 Å². The molecule has 0 amide bonds. The number of rotatable bonds is 4. The monoisotopic (exact) mass is 265 g/mol. The van der Waals surface area contributed by atoms with Crippen LogP contribution in [0.1, 0.15) is 33.6 Å². The minimum atomic E-state index is -0.417. The molecule has 2 rings (SSSR count). The Morgan fingerprint density at radius 1 is 1.58 bits per heavy atom. The van der Waals surface area contributed by atoms with E-state index in [0.29, 0.717) is 18.3 Å². The van der Waals surface area contributed by atoms with Crippen molar-refractivity contribution in [3.8, 4) is 0 Å². The number of anilines is 2. The van der Waals surface area contributed by atoms with Gasteiger partial charge in [0, 0.05) is 18.6 Å². The lowest BCUT2D eigenvalue weighted by atomic mass is 10.0. The molecule has 1 aliphatic rings. The Hall–Kier alpha value is -1.92. The molecule has 2 heterocycles. The zero-order chi connectivity index (χ0) is 14.0. The molecule has 1 fully saturated rings. The maximum atomic E-state index is 11.1. The predicted molar refractivity (Wildman–Crippen MR) is 73.5 cm³/mol. The second kappa shape index (κ2) is 4.99. The molecule has 1 aromatic heterocycles. The Morgan fingerprint density at radius 3 is 2.84 bits per heavy atom. The lowest BCUT2D eigenvalue weighted by Gasteiger charge is -2.32. The second-order valence-corrected chi connectivity index (χ2v) is 5.26. The van der Waals surface area contributed by atoms with Gasteiger partial charge in [0.1, 0.15) is 6.20 Å². The van der Waals surface area contributed by atoms with Gasteiger partial charge in [-0.2, -0.15) is 4.98 Å². The molecule has 104 valence electrons. The summed E-state index contributed by atoms with van der Waals surface area (Å²) < 4.78 is 0. The molecule has 7 heteroatoms. The molecule has 19 heavy (non-hydrogen) atoms. The molecule has 0 aliphatic carbocycles. The van der Waals surface area contributed by atoms with Crippen molar-refractivity contribution < 1.29 is 4.92 Å². The molecule has 7 nitrogen and oxygen atoms in total. The minimum Gasteiger partial charge on any atom is -0.354 e. The predicted octanol–water partition coefficient (Wildman–Crippen LogP) is 2.20. The lowest BCUT2D eigenvalue weighted by Crippen LogP contribution is -2.39. The van der Waals surface area contributed by atoms with E-state index in [4.69, 9.17) is 0 Å². The van der Waals surface area contributed by atoms with E-state index in [9.17, 15) is 10.1 Å². The highest BCUT2D eigenvalue weighted by Gasteiger charge is 2.37. The van der Waals surface area contributed by atoms with Gasteiger partial charge in [-0.1, -0.05) is 0 Å². The summed E-state index contributed by atoms with van der Waals surface area (Å²) in [6, 6.07) is 0. The van der Waals surface area contributed by atoms with Crippen molar-refractivity contribution in [2.45, 2.75) is 39.2 Å². The normalized spacial score (nSPS) is 17.5. The SMILES string of the molecule is CCNc1ncc([N+](=O)[O-])c(N2CCCC2(C)C)n1. The first-order chi connectivity index (χ1) is 8.95. The van der Waals surface area contributed by atoms with E-state index in [1.807, 2.05) is 11.8 Å². The molecule has 0 unspecified atom stereocenters. The van der Waals surface area contributed by atoms with Crippen LogP contribution in [0.2, 0.25) is 0 Å². The Morgan fingerprint density at radius 2 is 2.32 bits per heavy atom. The number of nitrogens with zero attached hydrogens (tertiary/aromatic N) is 4. The fraction of sp³-hybridized carbons (Fsp3) is 0.667. The van der Waals surface area contributed by atoms with Crippen molar-refractivity contribution in [1.29, 1.82) is 0 Å². The topological polar surface area (TPSA) is 84.2 Å². The summed E-state index contributed by atoms with van der Waals surface area (Å²) in [4.78, 5) is 21.0. The quantitative estimate of drug-likeness (QED) is 0.663. The zero-order valence-electron chi connectivity index (χ0n) is 11.5. The van der Waals surface area contributed by atoms with Crippen molar-refractivity contribution in [2.24, 2.45) is 0 Å². The van der Waals surface area contributed by atoms with Crippen LogP contribution in [0, 0.1) is 10.1 Å². The third-order valence-corrected chi connectivity index (χ3v) is 3.44. The Balaban J connectivity index is 2.46. The molecular weight excluding hydrogens is 246 g/mol. The first-order valence-electron chi connectivity index (χ1n) is 6.48. The van der Waals surface area contributed by atoms with Gasteiger partial charge < -0.3 is 10.2 Å². The Bertz CT molecular complexity index is 489. The van der Waals surface area contributed by atoms with E-state index in [1.165, 1.54) is 6.20 Å². The van der Waals surface area contributed by atoms with E-state index in [0.717, 1.165) is 19.4 Å². The molecule has 0 aromatic carbocycles. The average Bonchev–Trinajstić information content (AvgIpc) is 2.69. The summed E-state index contributed by atoms with van der Waals surface area (Å²) in [6.45, 7) is 7.57. The second-order valence-electron chi connectivity index (χ2n) is 5.26. The van der Waals surface area contributed by atoms with Gasteiger partial charge in [-0.25, -0.2) is 4.98 Å². The maximum absolute atomic E-state index is 11.1. The van der Waals surface area contributed by atoms with Gasteiger partial charge in [-0.05, 0) is 33.6 Å². The molecule has 1 aromatic rings. The van der Waals surface area contributed by atoms with Crippen molar-refractivity contribution in [3.63, 3.8) is 0 Å².